The van der Waals surface area contributed by atoms with Crippen molar-refractivity contribution in [1.82, 2.24) is 0 Å². The molecule has 0 radical (unpaired) electrons. The van der Waals surface area contributed by atoms with Crippen molar-refractivity contribution in [2.75, 3.05) is 12.0 Å². The number of nitrogens with zero attached hydrogens (tertiary/aromatic N) is 1. The van der Waals surface area contributed by atoms with Gasteiger partial charge < -0.3 is 14.7 Å². The summed E-state index contributed by atoms with van der Waals surface area (Å²) in [5.41, 5.74) is 2.95. The summed E-state index contributed by atoms with van der Waals surface area (Å²) in [5.74, 6) is -1.74. The predicted molar refractivity (Wildman–Crippen MR) is 130 cm³/mol. The SMILES string of the molecule is [2H]C(c1ccc(C2CC2C(=O)O)cc1)N(C(=O)C1CCCCC1)c1cccc(/C=C/C(=O)OC)c1. The summed E-state index contributed by atoms with van der Waals surface area (Å²) in [4.78, 5) is 38.0. The van der Waals surface area contributed by atoms with E-state index in [4.69, 9.17) is 1.37 Å². The number of esters is 1. The zero-order valence-electron chi connectivity index (χ0n) is 20.4. The number of benzene rings is 2. The number of ether oxygens (including phenoxy) is 1. The van der Waals surface area contributed by atoms with Crippen LogP contribution in [0.15, 0.2) is 54.6 Å². The number of aliphatic carboxylic acids is 1. The number of carboxylic acid groups (broad SMARTS) is 1. The van der Waals surface area contributed by atoms with E-state index in [1.54, 1.807) is 17.0 Å². The summed E-state index contributed by atoms with van der Waals surface area (Å²) in [6.07, 6.45) is 8.37. The first-order valence-corrected chi connectivity index (χ1v) is 11.8. The van der Waals surface area contributed by atoms with Gasteiger partial charge in [-0.2, -0.15) is 0 Å². The van der Waals surface area contributed by atoms with E-state index < -0.39 is 18.5 Å². The summed E-state index contributed by atoms with van der Waals surface area (Å²) >= 11 is 0. The van der Waals surface area contributed by atoms with Gasteiger partial charge in [-0.25, -0.2) is 4.79 Å². The van der Waals surface area contributed by atoms with Gasteiger partial charge in [0, 0.05) is 17.7 Å². The maximum Gasteiger partial charge on any atom is 0.330 e. The quantitative estimate of drug-likeness (QED) is 0.432. The fourth-order valence-electron chi connectivity index (χ4n) is 4.64. The van der Waals surface area contributed by atoms with Gasteiger partial charge in [0.15, 0.2) is 0 Å². The molecule has 0 saturated heterocycles. The van der Waals surface area contributed by atoms with Gasteiger partial charge in [-0.3, -0.25) is 9.59 Å². The fourth-order valence-corrected chi connectivity index (χ4v) is 4.64. The van der Waals surface area contributed by atoms with Gasteiger partial charge in [0.25, 0.3) is 0 Å². The second-order valence-electron chi connectivity index (χ2n) is 9.08. The Morgan fingerprint density at radius 3 is 2.50 bits per heavy atom. The van der Waals surface area contributed by atoms with Crippen molar-refractivity contribution in [3.8, 4) is 0 Å². The maximum absolute atomic E-state index is 13.7. The Morgan fingerprint density at radius 2 is 1.85 bits per heavy atom. The lowest BCUT2D eigenvalue weighted by Crippen LogP contribution is -2.36. The number of carbonyl (C=O) groups is 3. The molecule has 3 unspecified atom stereocenters. The zero-order valence-corrected chi connectivity index (χ0v) is 19.4. The van der Waals surface area contributed by atoms with Crippen molar-refractivity contribution in [3.05, 3.63) is 71.3 Å². The Bertz CT molecular complexity index is 1110. The van der Waals surface area contributed by atoms with Crippen LogP contribution in [0, 0.1) is 11.8 Å². The van der Waals surface area contributed by atoms with Crippen LogP contribution >= 0.6 is 0 Å². The van der Waals surface area contributed by atoms with E-state index in [1.807, 2.05) is 42.5 Å². The van der Waals surface area contributed by atoms with Gasteiger partial charge in [0.2, 0.25) is 5.91 Å². The average Bonchev–Trinajstić information content (AvgIpc) is 3.70. The largest absolute Gasteiger partial charge is 0.481 e. The summed E-state index contributed by atoms with van der Waals surface area (Å²) in [5, 5.41) is 9.21. The highest BCUT2D eigenvalue weighted by Gasteiger charge is 2.44. The first kappa shape index (κ1) is 22.4. The number of methoxy groups -OCH3 is 1. The van der Waals surface area contributed by atoms with E-state index in [2.05, 4.69) is 4.74 Å². The molecule has 2 aromatic carbocycles. The van der Waals surface area contributed by atoms with Crippen LogP contribution in [0.2, 0.25) is 0 Å². The summed E-state index contributed by atoms with van der Waals surface area (Å²) < 4.78 is 13.7. The molecule has 6 nitrogen and oxygen atoms in total. The highest BCUT2D eigenvalue weighted by atomic mass is 16.5. The standard InChI is InChI=1S/C28H31NO5/c1-34-26(30)15-12-19-6-5-9-23(16-19)29(27(31)22-7-3-2-4-8-22)18-20-10-13-21(14-11-20)24-17-25(24)28(32)33/h5-6,9-16,22,24-25H,2-4,7-8,17-18H2,1H3,(H,32,33)/b15-12+/i18D. The number of carboxylic acids is 1. The molecular weight excluding hydrogens is 430 g/mol. The van der Waals surface area contributed by atoms with Crippen molar-refractivity contribution in [2.24, 2.45) is 11.8 Å². The first-order chi connectivity index (χ1) is 16.9. The van der Waals surface area contributed by atoms with E-state index in [-0.39, 0.29) is 23.7 Å². The van der Waals surface area contributed by atoms with Crippen LogP contribution in [0.1, 0.15) is 62.5 Å². The molecule has 34 heavy (non-hydrogen) atoms. The molecule has 0 heterocycles. The van der Waals surface area contributed by atoms with Gasteiger partial charge in [0.05, 0.1) is 20.9 Å². The van der Waals surface area contributed by atoms with Crippen LogP contribution in [0.3, 0.4) is 0 Å². The number of carbonyl (C=O) groups excluding carboxylic acids is 2. The molecule has 0 aromatic heterocycles. The predicted octanol–water partition coefficient (Wildman–Crippen LogP) is 5.17. The highest BCUT2D eigenvalue weighted by Crippen LogP contribution is 2.47. The van der Waals surface area contributed by atoms with E-state index in [9.17, 15) is 19.5 Å². The molecule has 2 aliphatic carbocycles. The minimum absolute atomic E-state index is 0.0176. The highest BCUT2D eigenvalue weighted by molar-refractivity contribution is 5.95. The first-order valence-electron chi connectivity index (χ1n) is 12.4. The average molecular weight is 463 g/mol. The van der Waals surface area contributed by atoms with E-state index >= 15 is 0 Å². The molecule has 1 N–H and O–H groups in total. The number of amides is 1. The molecule has 2 saturated carbocycles. The molecule has 2 aliphatic rings. The maximum atomic E-state index is 13.7. The molecule has 0 aliphatic heterocycles. The van der Waals surface area contributed by atoms with Crippen LogP contribution in [-0.4, -0.2) is 30.1 Å². The van der Waals surface area contributed by atoms with E-state index in [1.165, 1.54) is 13.2 Å². The summed E-state index contributed by atoms with van der Waals surface area (Å²) in [7, 11) is 1.31. The Morgan fingerprint density at radius 1 is 1.12 bits per heavy atom. The Balaban J connectivity index is 1.62. The molecular formula is C28H31NO5. The molecule has 6 heteroatoms. The van der Waals surface area contributed by atoms with Crippen molar-refractivity contribution in [1.29, 1.82) is 0 Å². The topological polar surface area (TPSA) is 83.9 Å². The Kier molecular flexibility index (Phi) is 7.03. The van der Waals surface area contributed by atoms with E-state index in [0.29, 0.717) is 17.7 Å². The van der Waals surface area contributed by atoms with Gasteiger partial charge in [-0.1, -0.05) is 55.7 Å². The van der Waals surface area contributed by atoms with Crippen molar-refractivity contribution >= 4 is 29.6 Å². The molecule has 4 rings (SSSR count). The minimum Gasteiger partial charge on any atom is -0.481 e. The third-order valence-corrected chi connectivity index (χ3v) is 6.70. The molecule has 2 aromatic rings. The van der Waals surface area contributed by atoms with Crippen molar-refractivity contribution in [3.63, 3.8) is 0 Å². The second kappa shape index (κ2) is 10.7. The molecule has 2 fully saturated rings. The Labute approximate surface area is 201 Å². The third kappa shape index (κ3) is 5.74. The minimum atomic E-state index is -0.951. The van der Waals surface area contributed by atoms with Crippen LogP contribution in [-0.2, 0) is 25.6 Å². The number of hydrogen-bond acceptors (Lipinski definition) is 4. The number of rotatable bonds is 8. The zero-order chi connectivity index (χ0) is 24.9. The van der Waals surface area contributed by atoms with Crippen LogP contribution < -0.4 is 4.90 Å². The monoisotopic (exact) mass is 462 g/mol. The number of anilines is 1. The van der Waals surface area contributed by atoms with Gasteiger partial charge in [-0.05, 0) is 60.1 Å². The molecule has 3 atom stereocenters. The van der Waals surface area contributed by atoms with Gasteiger partial charge in [-0.15, -0.1) is 0 Å². The third-order valence-electron chi connectivity index (χ3n) is 6.70. The second-order valence-corrected chi connectivity index (χ2v) is 9.08. The van der Waals surface area contributed by atoms with Crippen LogP contribution in [0.5, 0.6) is 0 Å². The fraction of sp³-hybridized carbons (Fsp3) is 0.393. The normalized spacial score (nSPS) is 21.5. The number of hydrogen-bond donors (Lipinski definition) is 1. The lowest BCUT2D eigenvalue weighted by Gasteiger charge is -2.30. The molecule has 0 bridgehead atoms. The van der Waals surface area contributed by atoms with E-state index in [0.717, 1.165) is 43.2 Å². The molecule has 0 spiro atoms. The Hall–Kier alpha value is -3.41. The summed E-state index contributed by atoms with van der Waals surface area (Å²) in [6, 6.07) is 14.7. The molecule has 178 valence electrons. The summed E-state index contributed by atoms with van der Waals surface area (Å²) in [6.45, 7) is -0.951. The van der Waals surface area contributed by atoms with Crippen LogP contribution in [0.25, 0.3) is 6.08 Å². The van der Waals surface area contributed by atoms with Crippen molar-refractivity contribution < 1.29 is 25.6 Å². The lowest BCUT2D eigenvalue weighted by molar-refractivity contribution is -0.138. The van der Waals surface area contributed by atoms with Crippen molar-refractivity contribution in [2.45, 2.75) is 51.0 Å². The smallest absolute Gasteiger partial charge is 0.330 e. The van der Waals surface area contributed by atoms with Gasteiger partial charge in [0.1, 0.15) is 0 Å². The van der Waals surface area contributed by atoms with Gasteiger partial charge >= 0.3 is 11.9 Å². The molecule has 1 amide bonds. The van der Waals surface area contributed by atoms with Crippen LogP contribution in [0.4, 0.5) is 5.69 Å². The lowest BCUT2D eigenvalue weighted by atomic mass is 9.88.